The van der Waals surface area contributed by atoms with E-state index in [1.807, 2.05) is 18.2 Å². The maximum Gasteiger partial charge on any atom is 0.222 e. The Hall–Kier alpha value is -1.81. The second-order valence-electron chi connectivity index (χ2n) is 5.30. The van der Waals surface area contributed by atoms with Crippen LogP contribution in [-0.2, 0) is 19.3 Å². The number of benzene rings is 1. The lowest BCUT2D eigenvalue weighted by Crippen LogP contribution is -2.20. The summed E-state index contributed by atoms with van der Waals surface area (Å²) in [6, 6.07) is 8.00. The molecule has 0 aliphatic heterocycles. The number of aryl methyl sites for hydroxylation is 1. The summed E-state index contributed by atoms with van der Waals surface area (Å²) >= 11 is 6.23. The first kappa shape index (κ1) is 13.2. The Kier molecular flexibility index (Phi) is 3.49. The van der Waals surface area contributed by atoms with Crippen molar-refractivity contribution >= 4 is 23.4 Å². The lowest BCUT2D eigenvalue weighted by atomic mass is 9.83. The lowest BCUT2D eigenvalue weighted by Gasteiger charge is -2.25. The molecule has 1 aliphatic carbocycles. The van der Waals surface area contributed by atoms with Gasteiger partial charge in [0.1, 0.15) is 5.82 Å². The van der Waals surface area contributed by atoms with Crippen molar-refractivity contribution in [1.29, 1.82) is 0 Å². The predicted molar refractivity (Wildman–Crippen MR) is 81.5 cm³/mol. The summed E-state index contributed by atoms with van der Waals surface area (Å²) in [7, 11) is 0. The fourth-order valence-electron chi connectivity index (χ4n) is 2.88. The minimum atomic E-state index is 0.269. The summed E-state index contributed by atoms with van der Waals surface area (Å²) in [5.74, 6) is 1.32. The molecular weight excluding hydrogens is 272 g/mol. The Morgan fingerprint density at radius 3 is 2.80 bits per heavy atom. The summed E-state index contributed by atoms with van der Waals surface area (Å²) in [5.41, 5.74) is 14.9. The third-order valence-corrected chi connectivity index (χ3v) is 4.26. The van der Waals surface area contributed by atoms with Crippen LogP contribution in [0.2, 0.25) is 5.02 Å². The summed E-state index contributed by atoms with van der Waals surface area (Å²) in [6.07, 6.45) is 3.84. The maximum atomic E-state index is 6.23. The molecule has 1 aliphatic rings. The number of halogens is 1. The third-order valence-electron chi connectivity index (χ3n) is 3.89. The van der Waals surface area contributed by atoms with Crippen molar-refractivity contribution in [2.24, 2.45) is 5.92 Å². The first-order valence-corrected chi connectivity index (χ1v) is 7.15. The minimum absolute atomic E-state index is 0.269. The van der Waals surface area contributed by atoms with Gasteiger partial charge in [0.2, 0.25) is 5.95 Å². The Morgan fingerprint density at radius 2 is 2.00 bits per heavy atom. The molecule has 0 fully saturated rings. The summed E-state index contributed by atoms with van der Waals surface area (Å²) < 4.78 is 0. The Morgan fingerprint density at radius 1 is 1.20 bits per heavy atom. The highest BCUT2D eigenvalue weighted by Gasteiger charge is 2.23. The van der Waals surface area contributed by atoms with E-state index in [0.717, 1.165) is 42.0 Å². The van der Waals surface area contributed by atoms with E-state index < -0.39 is 0 Å². The van der Waals surface area contributed by atoms with Crippen LogP contribution in [0, 0.1) is 5.92 Å². The van der Waals surface area contributed by atoms with Gasteiger partial charge in [0.25, 0.3) is 0 Å². The van der Waals surface area contributed by atoms with Gasteiger partial charge in [-0.05, 0) is 43.2 Å². The molecule has 0 amide bonds. The van der Waals surface area contributed by atoms with Gasteiger partial charge in [-0.1, -0.05) is 29.8 Å². The number of nitrogens with two attached hydrogens (primary N) is 2. The number of hydrogen-bond donors (Lipinski definition) is 2. The van der Waals surface area contributed by atoms with Gasteiger partial charge in [-0.25, -0.2) is 4.98 Å². The van der Waals surface area contributed by atoms with Crippen LogP contribution < -0.4 is 11.5 Å². The van der Waals surface area contributed by atoms with Crippen LogP contribution in [0.15, 0.2) is 24.3 Å². The number of rotatable bonds is 2. The molecule has 1 atom stereocenters. The molecule has 20 heavy (non-hydrogen) atoms. The number of anilines is 2. The van der Waals surface area contributed by atoms with Crippen LogP contribution in [0.4, 0.5) is 11.8 Å². The smallest absolute Gasteiger partial charge is 0.222 e. The summed E-state index contributed by atoms with van der Waals surface area (Å²) in [4.78, 5) is 8.36. The first-order valence-electron chi connectivity index (χ1n) is 6.77. The topological polar surface area (TPSA) is 77.8 Å². The quantitative estimate of drug-likeness (QED) is 0.890. The average Bonchev–Trinajstić information content (AvgIpc) is 2.42. The highest BCUT2D eigenvalue weighted by molar-refractivity contribution is 6.31. The molecule has 2 aromatic rings. The molecule has 1 heterocycles. The van der Waals surface area contributed by atoms with Crippen LogP contribution >= 0.6 is 11.6 Å². The molecule has 4 N–H and O–H groups in total. The fraction of sp³-hybridized carbons (Fsp3) is 0.333. The van der Waals surface area contributed by atoms with E-state index in [4.69, 9.17) is 23.1 Å². The van der Waals surface area contributed by atoms with Crippen molar-refractivity contribution in [3.8, 4) is 0 Å². The van der Waals surface area contributed by atoms with Gasteiger partial charge >= 0.3 is 0 Å². The first-order chi connectivity index (χ1) is 9.63. The lowest BCUT2D eigenvalue weighted by molar-refractivity contribution is 0.450. The summed E-state index contributed by atoms with van der Waals surface area (Å²) in [5, 5.41) is 0.833. The summed E-state index contributed by atoms with van der Waals surface area (Å²) in [6.45, 7) is 0. The van der Waals surface area contributed by atoms with Crippen molar-refractivity contribution in [3.63, 3.8) is 0 Å². The van der Waals surface area contributed by atoms with E-state index in [2.05, 4.69) is 16.0 Å². The second-order valence-corrected chi connectivity index (χ2v) is 5.70. The van der Waals surface area contributed by atoms with Crippen molar-refractivity contribution in [1.82, 2.24) is 9.97 Å². The average molecular weight is 289 g/mol. The molecule has 1 unspecified atom stereocenters. The van der Waals surface area contributed by atoms with Crippen LogP contribution in [0.5, 0.6) is 0 Å². The fourth-order valence-corrected chi connectivity index (χ4v) is 3.09. The van der Waals surface area contributed by atoms with Crippen molar-refractivity contribution < 1.29 is 0 Å². The molecule has 4 nitrogen and oxygen atoms in total. The highest BCUT2D eigenvalue weighted by atomic mass is 35.5. The van der Waals surface area contributed by atoms with Gasteiger partial charge < -0.3 is 11.5 Å². The molecular formula is C15H17ClN4. The number of hydrogen-bond acceptors (Lipinski definition) is 4. The number of aromatic nitrogens is 2. The van der Waals surface area contributed by atoms with Crippen LogP contribution in [0.1, 0.15) is 23.2 Å². The normalized spacial score (nSPS) is 17.8. The van der Waals surface area contributed by atoms with E-state index in [0.29, 0.717) is 11.7 Å². The molecule has 1 aromatic heterocycles. The maximum absolute atomic E-state index is 6.23. The minimum Gasteiger partial charge on any atom is -0.383 e. The van der Waals surface area contributed by atoms with E-state index in [1.165, 1.54) is 5.56 Å². The van der Waals surface area contributed by atoms with Crippen molar-refractivity contribution in [2.75, 3.05) is 11.5 Å². The van der Waals surface area contributed by atoms with E-state index in [9.17, 15) is 0 Å². The standard InChI is InChI=1S/C15H17ClN4/c16-12-4-2-1-3-10(12)7-9-5-6-13-11(8-9)14(17)20-15(18)19-13/h1-4,9H,5-8H2,(H4,17,18,19,20). The van der Waals surface area contributed by atoms with Gasteiger partial charge in [0.05, 0.1) is 5.69 Å². The largest absolute Gasteiger partial charge is 0.383 e. The van der Waals surface area contributed by atoms with E-state index in [1.54, 1.807) is 0 Å². The number of nitrogen functional groups attached to an aromatic ring is 2. The Bertz CT molecular complexity index is 642. The number of fused-ring (bicyclic) bond motifs is 1. The van der Waals surface area contributed by atoms with Gasteiger partial charge in [-0.15, -0.1) is 0 Å². The van der Waals surface area contributed by atoms with Crippen molar-refractivity contribution in [3.05, 3.63) is 46.1 Å². The van der Waals surface area contributed by atoms with Crippen molar-refractivity contribution in [2.45, 2.75) is 25.7 Å². The van der Waals surface area contributed by atoms with Gasteiger partial charge in [-0.3, -0.25) is 0 Å². The zero-order chi connectivity index (χ0) is 14.1. The molecule has 0 bridgehead atoms. The van der Waals surface area contributed by atoms with Crippen LogP contribution in [0.3, 0.4) is 0 Å². The SMILES string of the molecule is Nc1nc(N)c2c(n1)CCC(Cc1ccccc1Cl)C2. The van der Waals surface area contributed by atoms with E-state index in [-0.39, 0.29) is 5.95 Å². The molecule has 5 heteroatoms. The monoisotopic (exact) mass is 288 g/mol. The Balaban J connectivity index is 1.81. The molecule has 0 saturated heterocycles. The molecule has 0 spiro atoms. The molecule has 104 valence electrons. The molecule has 1 aromatic carbocycles. The highest BCUT2D eigenvalue weighted by Crippen LogP contribution is 2.31. The zero-order valence-corrected chi connectivity index (χ0v) is 11.9. The molecule has 0 radical (unpaired) electrons. The van der Waals surface area contributed by atoms with Crippen LogP contribution in [0.25, 0.3) is 0 Å². The number of nitrogens with zero attached hydrogens (tertiary/aromatic N) is 2. The zero-order valence-electron chi connectivity index (χ0n) is 11.1. The second kappa shape index (κ2) is 5.29. The van der Waals surface area contributed by atoms with E-state index >= 15 is 0 Å². The van der Waals surface area contributed by atoms with Crippen LogP contribution in [-0.4, -0.2) is 9.97 Å². The van der Waals surface area contributed by atoms with Gasteiger partial charge in [-0.2, -0.15) is 4.98 Å². The van der Waals surface area contributed by atoms with Gasteiger partial charge in [0.15, 0.2) is 0 Å². The molecule has 3 rings (SSSR count). The van der Waals surface area contributed by atoms with Gasteiger partial charge in [0, 0.05) is 10.6 Å². The predicted octanol–water partition coefficient (Wildman–Crippen LogP) is 2.64. The third kappa shape index (κ3) is 2.56. The molecule has 0 saturated carbocycles. The Labute approximate surface area is 123 Å².